The van der Waals surface area contributed by atoms with Crippen molar-refractivity contribution in [3.05, 3.63) is 82.3 Å². The number of nitrogens with one attached hydrogen (secondary N) is 1. The van der Waals surface area contributed by atoms with E-state index in [1.54, 1.807) is 39.4 Å². The molecule has 4 heterocycles. The fourth-order valence-corrected chi connectivity index (χ4v) is 6.29. The van der Waals surface area contributed by atoms with Gasteiger partial charge in [0, 0.05) is 44.0 Å². The lowest BCUT2D eigenvalue weighted by molar-refractivity contribution is 0.313. The molecule has 1 aliphatic heterocycles. The second kappa shape index (κ2) is 9.44. The smallest absolute Gasteiger partial charge is 0.243 e. The van der Waals surface area contributed by atoms with Crippen molar-refractivity contribution in [2.75, 3.05) is 18.4 Å². The molecule has 1 atom stereocenters. The number of fused-ring (bicyclic) bond motifs is 1. The third-order valence-corrected chi connectivity index (χ3v) is 8.50. The van der Waals surface area contributed by atoms with Crippen LogP contribution in [0.25, 0.3) is 5.65 Å². The van der Waals surface area contributed by atoms with Gasteiger partial charge in [0.25, 0.3) is 0 Å². The summed E-state index contributed by atoms with van der Waals surface area (Å²) in [4.78, 5) is 9.37. The fraction of sp³-hybridized carbons (Fsp3) is 0.292. The normalized spacial score (nSPS) is 17.2. The average Bonchev–Trinajstić information content (AvgIpc) is 3.24. The molecule has 1 unspecified atom stereocenters. The number of sulfonamides is 1. The van der Waals surface area contributed by atoms with Crippen molar-refractivity contribution >= 4 is 37.4 Å². The molecular weight excluding hydrogens is 516 g/mol. The van der Waals surface area contributed by atoms with Crippen molar-refractivity contribution < 1.29 is 8.42 Å². The maximum Gasteiger partial charge on any atom is 0.243 e. The van der Waals surface area contributed by atoms with Crippen molar-refractivity contribution in [1.82, 2.24) is 23.9 Å². The fourth-order valence-electron chi connectivity index (χ4n) is 4.31. The van der Waals surface area contributed by atoms with Crippen molar-refractivity contribution in [1.29, 1.82) is 0 Å². The molecule has 1 fully saturated rings. The Balaban J connectivity index is 1.44. The van der Waals surface area contributed by atoms with Crippen LogP contribution in [-0.4, -0.2) is 45.4 Å². The van der Waals surface area contributed by atoms with Crippen LogP contribution >= 0.6 is 15.9 Å². The SMILES string of the molecule is Cc1cccc(S(=O)(=O)N2CCCC(c3cc(NCc4cccnc4)n4ncc(Br)c4n3)C2)c1. The first kappa shape index (κ1) is 22.9. The van der Waals surface area contributed by atoms with Crippen molar-refractivity contribution in [3.63, 3.8) is 0 Å². The van der Waals surface area contributed by atoms with Crippen LogP contribution in [0.3, 0.4) is 0 Å². The van der Waals surface area contributed by atoms with E-state index < -0.39 is 10.0 Å². The van der Waals surface area contributed by atoms with Crippen LogP contribution in [0.15, 0.2) is 70.4 Å². The van der Waals surface area contributed by atoms with E-state index in [9.17, 15) is 8.42 Å². The molecule has 5 rings (SSSR count). The number of piperidine rings is 1. The van der Waals surface area contributed by atoms with E-state index in [2.05, 4.69) is 31.3 Å². The Hall–Kier alpha value is -2.82. The highest BCUT2D eigenvalue weighted by Gasteiger charge is 2.32. The van der Waals surface area contributed by atoms with Crippen molar-refractivity contribution in [2.24, 2.45) is 0 Å². The summed E-state index contributed by atoms with van der Waals surface area (Å²) in [6.45, 7) is 3.40. The van der Waals surface area contributed by atoms with E-state index in [4.69, 9.17) is 4.98 Å². The minimum Gasteiger partial charge on any atom is -0.366 e. The number of anilines is 1. The van der Waals surface area contributed by atoms with Gasteiger partial charge in [0.2, 0.25) is 10.0 Å². The highest BCUT2D eigenvalue weighted by atomic mass is 79.9. The Morgan fingerprint density at radius 1 is 1.18 bits per heavy atom. The zero-order chi connectivity index (χ0) is 23.7. The lowest BCUT2D eigenvalue weighted by Gasteiger charge is -2.32. The number of halogens is 1. The summed E-state index contributed by atoms with van der Waals surface area (Å²) >= 11 is 3.55. The summed E-state index contributed by atoms with van der Waals surface area (Å²) in [6, 6.07) is 13.0. The summed E-state index contributed by atoms with van der Waals surface area (Å²) in [5.74, 6) is 0.785. The van der Waals surface area contributed by atoms with Crippen LogP contribution in [0.5, 0.6) is 0 Å². The molecule has 176 valence electrons. The number of aromatic nitrogens is 4. The number of hydrogen-bond donors (Lipinski definition) is 1. The van der Waals surface area contributed by atoms with Crippen LogP contribution in [-0.2, 0) is 16.6 Å². The minimum atomic E-state index is -3.57. The Kier molecular flexibility index (Phi) is 6.37. The molecule has 0 radical (unpaired) electrons. The molecule has 10 heteroatoms. The van der Waals surface area contributed by atoms with Crippen molar-refractivity contribution in [2.45, 2.75) is 37.1 Å². The van der Waals surface area contributed by atoms with E-state index >= 15 is 0 Å². The second-order valence-electron chi connectivity index (χ2n) is 8.53. The van der Waals surface area contributed by atoms with E-state index in [0.717, 1.165) is 40.0 Å². The van der Waals surface area contributed by atoms with E-state index in [0.29, 0.717) is 30.2 Å². The average molecular weight is 541 g/mol. The van der Waals surface area contributed by atoms with E-state index in [1.165, 1.54) is 0 Å². The number of nitrogens with zero attached hydrogens (tertiary/aromatic N) is 5. The highest BCUT2D eigenvalue weighted by molar-refractivity contribution is 9.10. The summed E-state index contributed by atoms with van der Waals surface area (Å²) in [7, 11) is -3.57. The van der Waals surface area contributed by atoms with Gasteiger partial charge in [-0.25, -0.2) is 13.4 Å². The van der Waals surface area contributed by atoms with Gasteiger partial charge in [-0.15, -0.1) is 0 Å². The molecule has 4 aromatic rings. The number of hydrogen-bond acceptors (Lipinski definition) is 6. The van der Waals surface area contributed by atoms with Gasteiger partial charge in [-0.3, -0.25) is 4.98 Å². The molecule has 3 aromatic heterocycles. The minimum absolute atomic E-state index is 0.0147. The molecule has 0 saturated carbocycles. The molecule has 1 aromatic carbocycles. The number of benzene rings is 1. The summed E-state index contributed by atoms with van der Waals surface area (Å²) in [5, 5.41) is 7.88. The summed E-state index contributed by atoms with van der Waals surface area (Å²) in [5.41, 5.74) is 3.53. The van der Waals surface area contributed by atoms with Gasteiger partial charge in [0.1, 0.15) is 5.82 Å². The lowest BCUT2D eigenvalue weighted by Crippen LogP contribution is -2.39. The van der Waals surface area contributed by atoms with Crippen LogP contribution in [0.1, 0.15) is 35.6 Å². The van der Waals surface area contributed by atoms with Crippen LogP contribution < -0.4 is 5.32 Å². The third-order valence-electron chi connectivity index (χ3n) is 6.07. The molecule has 1 N–H and O–H groups in total. The molecule has 0 aliphatic carbocycles. The number of aryl methyl sites for hydroxylation is 1. The van der Waals surface area contributed by atoms with E-state index in [-0.39, 0.29) is 5.92 Å². The van der Waals surface area contributed by atoms with Crippen LogP contribution in [0.2, 0.25) is 0 Å². The van der Waals surface area contributed by atoms with Gasteiger partial charge < -0.3 is 5.32 Å². The second-order valence-corrected chi connectivity index (χ2v) is 11.3. The summed E-state index contributed by atoms with van der Waals surface area (Å²) < 4.78 is 30.8. The van der Waals surface area contributed by atoms with Crippen LogP contribution in [0, 0.1) is 6.92 Å². The first-order valence-corrected chi connectivity index (χ1v) is 13.4. The Morgan fingerprint density at radius 3 is 2.85 bits per heavy atom. The van der Waals surface area contributed by atoms with Crippen molar-refractivity contribution in [3.8, 4) is 0 Å². The number of pyridine rings is 1. The molecule has 1 aliphatic rings. The van der Waals surface area contributed by atoms with Gasteiger partial charge in [0.05, 0.1) is 21.3 Å². The molecular formula is C24H25BrN6O2S. The third kappa shape index (κ3) is 4.57. The molecule has 0 amide bonds. The maximum absolute atomic E-state index is 13.3. The first-order valence-electron chi connectivity index (χ1n) is 11.2. The molecule has 34 heavy (non-hydrogen) atoms. The molecule has 1 saturated heterocycles. The van der Waals surface area contributed by atoms with Gasteiger partial charge in [-0.2, -0.15) is 13.9 Å². The van der Waals surface area contributed by atoms with Gasteiger partial charge in [-0.05, 0) is 65.0 Å². The van der Waals surface area contributed by atoms with Gasteiger partial charge in [-0.1, -0.05) is 18.2 Å². The molecule has 0 spiro atoms. The Morgan fingerprint density at radius 2 is 2.06 bits per heavy atom. The zero-order valence-corrected chi connectivity index (χ0v) is 21.1. The lowest BCUT2D eigenvalue weighted by atomic mass is 9.96. The van der Waals surface area contributed by atoms with Crippen LogP contribution in [0.4, 0.5) is 5.82 Å². The molecule has 0 bridgehead atoms. The summed E-state index contributed by atoms with van der Waals surface area (Å²) in [6.07, 6.45) is 6.94. The monoisotopic (exact) mass is 540 g/mol. The predicted octanol–water partition coefficient (Wildman–Crippen LogP) is 4.38. The zero-order valence-electron chi connectivity index (χ0n) is 18.7. The predicted molar refractivity (Wildman–Crippen MR) is 134 cm³/mol. The standard InChI is InChI=1S/C24H25BrN6O2S/c1-17-5-2-8-20(11-17)34(32,33)30-10-4-7-19(16-30)22-12-23(27-14-18-6-3-9-26-13-18)31-24(29-22)21(25)15-28-31/h2-3,5-6,8-9,11-13,15,19,27H,4,7,10,14,16H2,1H3. The van der Waals surface area contributed by atoms with Gasteiger partial charge in [0.15, 0.2) is 5.65 Å². The maximum atomic E-state index is 13.3. The number of rotatable bonds is 6. The Bertz CT molecular complexity index is 1420. The first-order chi connectivity index (χ1) is 16.4. The van der Waals surface area contributed by atoms with Gasteiger partial charge >= 0.3 is 0 Å². The quantitative estimate of drug-likeness (QED) is 0.390. The topological polar surface area (TPSA) is 92.5 Å². The Labute approximate surface area is 207 Å². The largest absolute Gasteiger partial charge is 0.366 e. The van der Waals surface area contributed by atoms with E-state index in [1.807, 2.05) is 37.4 Å². The highest BCUT2D eigenvalue weighted by Crippen LogP contribution is 2.32. The molecule has 8 nitrogen and oxygen atoms in total.